The van der Waals surface area contributed by atoms with Gasteiger partial charge in [-0.1, -0.05) is 17.3 Å². The van der Waals surface area contributed by atoms with Crippen LogP contribution >= 0.6 is 0 Å². The molecule has 0 saturated heterocycles. The highest BCUT2D eigenvalue weighted by atomic mass is 16.5. The van der Waals surface area contributed by atoms with Gasteiger partial charge in [0.2, 0.25) is 11.7 Å². The summed E-state index contributed by atoms with van der Waals surface area (Å²) < 4.78 is 10.5. The number of hydrogen-bond donors (Lipinski definition) is 1. The Hall–Kier alpha value is -2.56. The van der Waals surface area contributed by atoms with E-state index in [0.717, 1.165) is 11.1 Å². The van der Waals surface area contributed by atoms with Crippen LogP contribution in [0, 0.1) is 6.92 Å². The van der Waals surface area contributed by atoms with Crippen molar-refractivity contribution in [2.75, 3.05) is 0 Å². The SMILES string of the molecule is Cc1ccoc1-c1noc(Cc2cccc(O)c2)n1. The molecule has 5 heteroatoms. The van der Waals surface area contributed by atoms with Gasteiger partial charge in [0.05, 0.1) is 12.7 Å². The summed E-state index contributed by atoms with van der Waals surface area (Å²) in [4.78, 5) is 4.29. The van der Waals surface area contributed by atoms with Crippen molar-refractivity contribution in [1.29, 1.82) is 0 Å². The fraction of sp³-hybridized carbons (Fsp3) is 0.143. The van der Waals surface area contributed by atoms with Crippen LogP contribution in [0.15, 0.2) is 45.5 Å². The van der Waals surface area contributed by atoms with Gasteiger partial charge in [-0.25, -0.2) is 0 Å². The maximum Gasteiger partial charge on any atom is 0.238 e. The molecule has 3 aromatic rings. The Morgan fingerprint density at radius 3 is 2.89 bits per heavy atom. The molecule has 0 unspecified atom stereocenters. The molecule has 0 amide bonds. The third-order valence-electron chi connectivity index (χ3n) is 2.80. The summed E-state index contributed by atoms with van der Waals surface area (Å²) in [5.74, 6) is 1.76. The minimum Gasteiger partial charge on any atom is -0.508 e. The predicted molar refractivity (Wildman–Crippen MR) is 67.6 cm³/mol. The average Bonchev–Trinajstić information content (AvgIpc) is 2.98. The number of nitrogens with zero attached hydrogens (tertiary/aromatic N) is 2. The standard InChI is InChI=1S/C14H12N2O3/c1-9-5-6-18-13(9)14-15-12(19-16-14)8-10-3-2-4-11(17)7-10/h2-7,17H,8H2,1H3. The van der Waals surface area contributed by atoms with Crippen molar-refractivity contribution in [3.8, 4) is 17.3 Å². The normalized spacial score (nSPS) is 10.8. The molecule has 0 atom stereocenters. The molecule has 3 rings (SSSR count). The lowest BCUT2D eigenvalue weighted by Gasteiger charge is -1.96. The molecule has 2 heterocycles. The van der Waals surface area contributed by atoms with Crippen LogP contribution in [0.1, 0.15) is 17.0 Å². The number of furan rings is 1. The lowest BCUT2D eigenvalue weighted by molar-refractivity contribution is 0.384. The van der Waals surface area contributed by atoms with Gasteiger partial charge in [0, 0.05) is 0 Å². The first kappa shape index (κ1) is 11.5. The topological polar surface area (TPSA) is 72.3 Å². The van der Waals surface area contributed by atoms with Gasteiger partial charge < -0.3 is 14.0 Å². The molecule has 0 aliphatic rings. The summed E-state index contributed by atoms with van der Waals surface area (Å²) in [5, 5.41) is 13.3. The Bertz CT molecular complexity index is 700. The van der Waals surface area contributed by atoms with Crippen LogP contribution in [-0.4, -0.2) is 15.2 Å². The van der Waals surface area contributed by atoms with Crippen LogP contribution in [0.25, 0.3) is 11.6 Å². The highest BCUT2D eigenvalue weighted by molar-refractivity contribution is 5.51. The van der Waals surface area contributed by atoms with Gasteiger partial charge in [-0.3, -0.25) is 0 Å². The van der Waals surface area contributed by atoms with E-state index in [1.165, 1.54) is 0 Å². The Labute approximate surface area is 109 Å². The van der Waals surface area contributed by atoms with E-state index in [2.05, 4.69) is 10.1 Å². The Morgan fingerprint density at radius 1 is 1.26 bits per heavy atom. The Balaban J connectivity index is 1.84. The van der Waals surface area contributed by atoms with Crippen molar-refractivity contribution in [3.05, 3.63) is 53.6 Å². The highest BCUT2D eigenvalue weighted by Crippen LogP contribution is 2.22. The van der Waals surface area contributed by atoms with Crippen LogP contribution in [0.2, 0.25) is 0 Å². The molecule has 0 radical (unpaired) electrons. The minimum absolute atomic E-state index is 0.221. The first-order valence-electron chi connectivity index (χ1n) is 5.87. The quantitative estimate of drug-likeness (QED) is 0.780. The second-order valence-corrected chi connectivity index (χ2v) is 4.29. The number of benzene rings is 1. The average molecular weight is 256 g/mol. The van der Waals surface area contributed by atoms with E-state index < -0.39 is 0 Å². The van der Waals surface area contributed by atoms with Gasteiger partial charge in [0.15, 0.2) is 5.76 Å². The Morgan fingerprint density at radius 2 is 2.16 bits per heavy atom. The van der Waals surface area contributed by atoms with Crippen molar-refractivity contribution in [2.45, 2.75) is 13.3 Å². The molecule has 0 spiro atoms. The molecule has 1 N–H and O–H groups in total. The summed E-state index contributed by atoms with van der Waals surface area (Å²) in [6, 6.07) is 8.80. The van der Waals surface area contributed by atoms with Gasteiger partial charge in [0.25, 0.3) is 0 Å². The van der Waals surface area contributed by atoms with Gasteiger partial charge in [-0.15, -0.1) is 0 Å². The number of aryl methyl sites for hydroxylation is 1. The molecular weight excluding hydrogens is 244 g/mol. The van der Waals surface area contributed by atoms with E-state index in [1.807, 2.05) is 19.1 Å². The fourth-order valence-electron chi connectivity index (χ4n) is 1.86. The highest BCUT2D eigenvalue weighted by Gasteiger charge is 2.14. The van der Waals surface area contributed by atoms with Crippen molar-refractivity contribution in [1.82, 2.24) is 10.1 Å². The summed E-state index contributed by atoms with van der Waals surface area (Å²) in [6.07, 6.45) is 2.07. The maximum atomic E-state index is 9.40. The van der Waals surface area contributed by atoms with Crippen LogP contribution < -0.4 is 0 Å². The van der Waals surface area contributed by atoms with Crippen molar-refractivity contribution >= 4 is 0 Å². The largest absolute Gasteiger partial charge is 0.508 e. The summed E-state index contributed by atoms with van der Waals surface area (Å²) in [6.45, 7) is 1.92. The maximum absolute atomic E-state index is 9.40. The van der Waals surface area contributed by atoms with E-state index in [1.54, 1.807) is 24.5 Å². The molecule has 2 aromatic heterocycles. The number of aromatic hydroxyl groups is 1. The van der Waals surface area contributed by atoms with E-state index in [9.17, 15) is 5.11 Å². The minimum atomic E-state index is 0.221. The van der Waals surface area contributed by atoms with Gasteiger partial charge in [-0.2, -0.15) is 4.98 Å². The first-order valence-corrected chi connectivity index (χ1v) is 5.87. The van der Waals surface area contributed by atoms with Crippen LogP contribution in [0.4, 0.5) is 0 Å². The van der Waals surface area contributed by atoms with Gasteiger partial charge >= 0.3 is 0 Å². The molecular formula is C14H12N2O3. The zero-order valence-corrected chi connectivity index (χ0v) is 10.3. The fourth-order valence-corrected chi connectivity index (χ4v) is 1.86. The van der Waals surface area contributed by atoms with Crippen LogP contribution in [0.3, 0.4) is 0 Å². The van der Waals surface area contributed by atoms with E-state index >= 15 is 0 Å². The number of rotatable bonds is 3. The van der Waals surface area contributed by atoms with Crippen molar-refractivity contribution in [2.24, 2.45) is 0 Å². The van der Waals surface area contributed by atoms with E-state index in [4.69, 9.17) is 8.94 Å². The predicted octanol–water partition coefficient (Wildman–Crippen LogP) is 2.93. The monoisotopic (exact) mass is 256 g/mol. The Kier molecular flexibility index (Phi) is 2.79. The summed E-state index contributed by atoms with van der Waals surface area (Å²) in [5.41, 5.74) is 1.87. The number of phenolic OH excluding ortho intramolecular Hbond substituents is 1. The lowest BCUT2D eigenvalue weighted by Crippen LogP contribution is -1.88. The molecule has 19 heavy (non-hydrogen) atoms. The molecule has 0 saturated carbocycles. The molecule has 0 fully saturated rings. The number of phenols is 1. The third-order valence-corrected chi connectivity index (χ3v) is 2.80. The second kappa shape index (κ2) is 4.61. The third kappa shape index (κ3) is 2.35. The van der Waals surface area contributed by atoms with Crippen molar-refractivity contribution in [3.63, 3.8) is 0 Å². The van der Waals surface area contributed by atoms with E-state index in [0.29, 0.717) is 23.9 Å². The smallest absolute Gasteiger partial charge is 0.238 e. The van der Waals surface area contributed by atoms with E-state index in [-0.39, 0.29) is 5.75 Å². The molecule has 0 bridgehead atoms. The molecule has 5 nitrogen and oxygen atoms in total. The molecule has 0 aliphatic carbocycles. The van der Waals surface area contributed by atoms with Crippen LogP contribution in [0.5, 0.6) is 5.75 Å². The summed E-state index contributed by atoms with van der Waals surface area (Å²) in [7, 11) is 0. The van der Waals surface area contributed by atoms with Crippen molar-refractivity contribution < 1.29 is 14.0 Å². The lowest BCUT2D eigenvalue weighted by atomic mass is 10.1. The second-order valence-electron chi connectivity index (χ2n) is 4.29. The first-order chi connectivity index (χ1) is 9.22. The summed E-state index contributed by atoms with van der Waals surface area (Å²) >= 11 is 0. The van der Waals surface area contributed by atoms with Crippen LogP contribution in [-0.2, 0) is 6.42 Å². The molecule has 96 valence electrons. The molecule has 1 aromatic carbocycles. The zero-order chi connectivity index (χ0) is 13.2. The number of hydrogen-bond acceptors (Lipinski definition) is 5. The zero-order valence-electron chi connectivity index (χ0n) is 10.3. The van der Waals surface area contributed by atoms with Gasteiger partial charge in [0.1, 0.15) is 5.75 Å². The van der Waals surface area contributed by atoms with Gasteiger partial charge in [-0.05, 0) is 36.2 Å². The number of aromatic nitrogens is 2. The molecule has 0 aliphatic heterocycles.